The molecule has 0 aliphatic carbocycles. The van der Waals surface area contributed by atoms with Crippen LogP contribution < -0.4 is 5.73 Å². The fraction of sp³-hybridized carbons (Fsp3) is 0.133. The second-order valence-electron chi connectivity index (χ2n) is 4.44. The summed E-state index contributed by atoms with van der Waals surface area (Å²) in [6, 6.07) is 9.52. The van der Waals surface area contributed by atoms with E-state index in [4.69, 9.17) is 5.73 Å². The van der Waals surface area contributed by atoms with E-state index in [9.17, 15) is 9.18 Å². The topological polar surface area (TPSA) is 43.1 Å². The summed E-state index contributed by atoms with van der Waals surface area (Å²) in [6.07, 6.45) is 0. The van der Waals surface area contributed by atoms with Crippen LogP contribution in [0.2, 0.25) is 0 Å². The van der Waals surface area contributed by atoms with Crippen molar-refractivity contribution in [1.82, 2.24) is 0 Å². The quantitative estimate of drug-likeness (QED) is 0.650. The molecule has 0 atom stereocenters. The van der Waals surface area contributed by atoms with E-state index in [2.05, 4.69) is 0 Å². The van der Waals surface area contributed by atoms with Gasteiger partial charge in [-0.1, -0.05) is 11.6 Å². The molecule has 0 saturated heterocycles. The van der Waals surface area contributed by atoms with Crippen LogP contribution in [0, 0.1) is 19.7 Å². The van der Waals surface area contributed by atoms with Crippen molar-refractivity contribution in [3.8, 4) is 0 Å². The molecule has 0 aliphatic heterocycles. The number of nitrogens with two attached hydrogens (primary N) is 1. The number of halogens is 1. The molecule has 2 N–H and O–H groups in total. The Balaban J connectivity index is 2.51. The number of hydrogen-bond donors (Lipinski definition) is 1. The Bertz CT molecular complexity index is 600. The summed E-state index contributed by atoms with van der Waals surface area (Å²) in [5.74, 6) is -0.664. The summed E-state index contributed by atoms with van der Waals surface area (Å²) in [6.45, 7) is 3.63. The number of benzene rings is 2. The monoisotopic (exact) mass is 243 g/mol. The smallest absolute Gasteiger partial charge is 0.195 e. The van der Waals surface area contributed by atoms with Gasteiger partial charge in [0.15, 0.2) is 5.78 Å². The van der Waals surface area contributed by atoms with Crippen molar-refractivity contribution in [2.75, 3.05) is 5.73 Å². The molecule has 0 fully saturated rings. The van der Waals surface area contributed by atoms with Crippen LogP contribution in [0.15, 0.2) is 36.4 Å². The SMILES string of the molecule is Cc1cc(F)cc(C(=O)c2cc(C)ccc2N)c1. The number of rotatable bonds is 2. The van der Waals surface area contributed by atoms with E-state index in [1.54, 1.807) is 25.1 Å². The lowest BCUT2D eigenvalue weighted by atomic mass is 9.99. The Morgan fingerprint density at radius 3 is 2.44 bits per heavy atom. The molecule has 0 aliphatic rings. The van der Waals surface area contributed by atoms with Crippen LogP contribution in [0.4, 0.5) is 10.1 Å². The maximum atomic E-state index is 13.3. The maximum Gasteiger partial charge on any atom is 0.195 e. The third kappa shape index (κ3) is 2.40. The van der Waals surface area contributed by atoms with Crippen molar-refractivity contribution in [1.29, 1.82) is 0 Å². The molecule has 0 heterocycles. The van der Waals surface area contributed by atoms with Gasteiger partial charge < -0.3 is 5.73 Å². The van der Waals surface area contributed by atoms with E-state index in [0.29, 0.717) is 22.4 Å². The van der Waals surface area contributed by atoms with E-state index in [1.165, 1.54) is 12.1 Å². The Morgan fingerprint density at radius 2 is 1.78 bits per heavy atom. The molecular formula is C15H14FNO. The van der Waals surface area contributed by atoms with Gasteiger partial charge in [-0.05, 0) is 49.7 Å². The van der Waals surface area contributed by atoms with E-state index in [-0.39, 0.29) is 5.78 Å². The van der Waals surface area contributed by atoms with Crippen LogP contribution in [0.3, 0.4) is 0 Å². The van der Waals surface area contributed by atoms with Gasteiger partial charge in [0.05, 0.1) is 0 Å². The average Bonchev–Trinajstić information content (AvgIpc) is 2.30. The summed E-state index contributed by atoms with van der Waals surface area (Å²) in [5.41, 5.74) is 8.60. The molecule has 92 valence electrons. The zero-order valence-corrected chi connectivity index (χ0v) is 10.3. The highest BCUT2D eigenvalue weighted by atomic mass is 19.1. The van der Waals surface area contributed by atoms with E-state index in [0.717, 1.165) is 5.56 Å². The predicted octanol–water partition coefficient (Wildman–Crippen LogP) is 3.26. The van der Waals surface area contributed by atoms with Crippen molar-refractivity contribution in [2.45, 2.75) is 13.8 Å². The first-order valence-corrected chi connectivity index (χ1v) is 5.65. The van der Waals surface area contributed by atoms with Gasteiger partial charge in [-0.25, -0.2) is 4.39 Å². The summed E-state index contributed by atoms with van der Waals surface area (Å²) in [5, 5.41) is 0. The minimum Gasteiger partial charge on any atom is -0.398 e. The molecule has 2 aromatic carbocycles. The molecule has 18 heavy (non-hydrogen) atoms. The van der Waals surface area contributed by atoms with Crippen molar-refractivity contribution in [2.24, 2.45) is 0 Å². The molecule has 3 heteroatoms. The molecule has 0 amide bonds. The molecule has 0 saturated carbocycles. The number of anilines is 1. The lowest BCUT2D eigenvalue weighted by Crippen LogP contribution is -2.06. The van der Waals surface area contributed by atoms with Crippen molar-refractivity contribution >= 4 is 11.5 Å². The maximum absolute atomic E-state index is 13.3. The fourth-order valence-corrected chi connectivity index (χ4v) is 1.89. The fourth-order valence-electron chi connectivity index (χ4n) is 1.89. The second kappa shape index (κ2) is 4.61. The molecule has 0 unspecified atom stereocenters. The minimum absolute atomic E-state index is 0.251. The summed E-state index contributed by atoms with van der Waals surface area (Å²) >= 11 is 0. The largest absolute Gasteiger partial charge is 0.398 e. The summed E-state index contributed by atoms with van der Waals surface area (Å²) in [4.78, 5) is 12.3. The van der Waals surface area contributed by atoms with Gasteiger partial charge in [-0.3, -0.25) is 4.79 Å². The Morgan fingerprint density at radius 1 is 1.06 bits per heavy atom. The predicted molar refractivity (Wildman–Crippen MR) is 70.2 cm³/mol. The Kier molecular flexibility index (Phi) is 3.15. The Hall–Kier alpha value is -2.16. The highest BCUT2D eigenvalue weighted by molar-refractivity contribution is 6.12. The molecule has 2 nitrogen and oxygen atoms in total. The van der Waals surface area contributed by atoms with Crippen molar-refractivity contribution in [3.05, 3.63) is 64.5 Å². The summed E-state index contributed by atoms with van der Waals surface area (Å²) in [7, 11) is 0. The first-order valence-electron chi connectivity index (χ1n) is 5.65. The number of ketones is 1. The zero-order valence-electron chi connectivity index (χ0n) is 10.3. The van der Waals surface area contributed by atoms with Gasteiger partial charge in [-0.2, -0.15) is 0 Å². The van der Waals surface area contributed by atoms with E-state index < -0.39 is 5.82 Å². The van der Waals surface area contributed by atoms with Gasteiger partial charge in [0, 0.05) is 16.8 Å². The van der Waals surface area contributed by atoms with Gasteiger partial charge in [-0.15, -0.1) is 0 Å². The third-order valence-corrected chi connectivity index (χ3v) is 2.76. The first-order chi connectivity index (χ1) is 8.47. The normalized spacial score (nSPS) is 10.4. The van der Waals surface area contributed by atoms with Crippen LogP contribution in [-0.4, -0.2) is 5.78 Å². The number of carbonyl (C=O) groups excluding carboxylic acids is 1. The number of hydrogen-bond acceptors (Lipinski definition) is 2. The molecular weight excluding hydrogens is 229 g/mol. The lowest BCUT2D eigenvalue weighted by molar-refractivity contribution is 0.103. The average molecular weight is 243 g/mol. The first kappa shape index (κ1) is 12.3. The zero-order chi connectivity index (χ0) is 13.3. The van der Waals surface area contributed by atoms with Crippen molar-refractivity contribution in [3.63, 3.8) is 0 Å². The molecule has 0 bridgehead atoms. The minimum atomic E-state index is -0.412. The number of aryl methyl sites for hydroxylation is 2. The van der Waals surface area contributed by atoms with Gasteiger partial charge in [0.1, 0.15) is 5.82 Å². The van der Waals surface area contributed by atoms with Crippen LogP contribution in [0.5, 0.6) is 0 Å². The van der Waals surface area contributed by atoms with Gasteiger partial charge >= 0.3 is 0 Å². The van der Waals surface area contributed by atoms with Crippen LogP contribution in [0.1, 0.15) is 27.0 Å². The third-order valence-electron chi connectivity index (χ3n) is 2.76. The van der Waals surface area contributed by atoms with Crippen LogP contribution in [-0.2, 0) is 0 Å². The van der Waals surface area contributed by atoms with Gasteiger partial charge in [0.2, 0.25) is 0 Å². The number of nitrogen functional groups attached to an aromatic ring is 1. The molecule has 2 aromatic rings. The molecule has 2 rings (SSSR count). The highest BCUT2D eigenvalue weighted by Crippen LogP contribution is 2.19. The lowest BCUT2D eigenvalue weighted by Gasteiger charge is -2.07. The summed E-state index contributed by atoms with van der Waals surface area (Å²) < 4.78 is 13.3. The standard InChI is InChI=1S/C15H14FNO/c1-9-3-4-14(17)13(7-9)15(18)11-5-10(2)6-12(16)8-11/h3-8H,17H2,1-2H3. The molecule has 0 spiro atoms. The van der Waals surface area contributed by atoms with Crippen LogP contribution in [0.25, 0.3) is 0 Å². The number of carbonyl (C=O) groups is 1. The van der Waals surface area contributed by atoms with Crippen LogP contribution >= 0.6 is 0 Å². The highest BCUT2D eigenvalue weighted by Gasteiger charge is 2.13. The molecule has 0 radical (unpaired) electrons. The van der Waals surface area contributed by atoms with Crippen molar-refractivity contribution < 1.29 is 9.18 Å². The molecule has 0 aromatic heterocycles. The second-order valence-corrected chi connectivity index (χ2v) is 4.44. The van der Waals surface area contributed by atoms with E-state index >= 15 is 0 Å². The van der Waals surface area contributed by atoms with Gasteiger partial charge in [0.25, 0.3) is 0 Å². The Labute approximate surface area is 105 Å². The van der Waals surface area contributed by atoms with E-state index in [1.807, 2.05) is 13.0 Å².